The molecule has 1 amide bonds. The number of hydrogen-bond acceptors (Lipinski definition) is 5. The van der Waals surface area contributed by atoms with Crippen molar-refractivity contribution in [1.29, 1.82) is 0 Å². The van der Waals surface area contributed by atoms with E-state index in [0.29, 0.717) is 24.1 Å². The quantitative estimate of drug-likeness (QED) is 0.354. The van der Waals surface area contributed by atoms with Gasteiger partial charge in [-0.1, -0.05) is 65.0 Å². The average molecular weight is 535 g/mol. The number of thiazole rings is 1. The van der Waals surface area contributed by atoms with Crippen molar-refractivity contribution in [2.45, 2.75) is 97.1 Å². The number of nitrogens with one attached hydrogen (secondary N) is 1. The van der Waals surface area contributed by atoms with Gasteiger partial charge in [0, 0.05) is 37.6 Å². The van der Waals surface area contributed by atoms with Crippen molar-refractivity contribution >= 4 is 17.2 Å². The van der Waals surface area contributed by atoms with E-state index in [0.717, 1.165) is 47.5 Å². The van der Waals surface area contributed by atoms with Crippen LogP contribution in [0.25, 0.3) is 21.6 Å². The molecule has 0 atom stereocenters. The van der Waals surface area contributed by atoms with Crippen LogP contribution in [-0.4, -0.2) is 39.9 Å². The van der Waals surface area contributed by atoms with Gasteiger partial charge in [-0.2, -0.15) is 5.10 Å². The third-order valence-corrected chi connectivity index (χ3v) is 9.16. The lowest BCUT2D eigenvalue weighted by Crippen LogP contribution is -2.38. The number of carbonyl (C=O) groups excluding carboxylic acids is 1. The average Bonchev–Trinajstić information content (AvgIpc) is 3.57. The predicted molar refractivity (Wildman–Crippen MR) is 155 cm³/mol. The minimum absolute atomic E-state index is 0.0438. The van der Waals surface area contributed by atoms with Crippen LogP contribution in [0.3, 0.4) is 0 Å². The van der Waals surface area contributed by atoms with E-state index >= 15 is 0 Å². The fourth-order valence-electron chi connectivity index (χ4n) is 5.80. The molecule has 3 heterocycles. The minimum Gasteiger partial charge on any atom is -0.381 e. The number of amides is 1. The van der Waals surface area contributed by atoms with Crippen molar-refractivity contribution in [1.82, 2.24) is 20.1 Å². The number of hydrogen-bond donors (Lipinski definition) is 1. The van der Waals surface area contributed by atoms with Crippen LogP contribution in [0.1, 0.15) is 93.7 Å². The van der Waals surface area contributed by atoms with E-state index in [-0.39, 0.29) is 17.4 Å². The van der Waals surface area contributed by atoms with Crippen LogP contribution in [0.15, 0.2) is 30.6 Å². The number of nitrogens with zero attached hydrogens (tertiary/aromatic N) is 3. The van der Waals surface area contributed by atoms with E-state index in [1.807, 2.05) is 10.9 Å². The summed E-state index contributed by atoms with van der Waals surface area (Å²) in [7, 11) is 0. The molecule has 2 aliphatic rings. The Morgan fingerprint density at radius 2 is 1.87 bits per heavy atom. The largest absolute Gasteiger partial charge is 0.381 e. The summed E-state index contributed by atoms with van der Waals surface area (Å²) in [5, 5.41) is 8.33. The molecule has 2 aromatic heterocycles. The van der Waals surface area contributed by atoms with E-state index in [1.165, 1.54) is 43.2 Å². The topological polar surface area (TPSA) is 69.0 Å². The number of aromatic nitrogens is 3. The van der Waals surface area contributed by atoms with Crippen LogP contribution in [0.4, 0.5) is 0 Å². The van der Waals surface area contributed by atoms with Crippen molar-refractivity contribution in [3.05, 3.63) is 46.9 Å². The Hall–Kier alpha value is -2.51. The molecule has 5 rings (SSSR count). The number of aryl methyl sites for hydroxylation is 1. The SMILES string of the molecule is CCn1cc(-c2ccc(-c3sc(C(=O)NC4CCOCC4)nc3CC3CCCCC3)cc2C(C)(C)C)cn1. The minimum atomic E-state index is -0.0445. The first kappa shape index (κ1) is 27.1. The zero-order valence-electron chi connectivity index (χ0n) is 23.4. The Morgan fingerprint density at radius 3 is 2.55 bits per heavy atom. The Bertz CT molecular complexity index is 1240. The lowest BCUT2D eigenvalue weighted by Gasteiger charge is -2.24. The van der Waals surface area contributed by atoms with Gasteiger partial charge in [-0.15, -0.1) is 11.3 Å². The molecule has 0 radical (unpaired) electrons. The lowest BCUT2D eigenvalue weighted by molar-refractivity contribution is 0.0696. The summed E-state index contributed by atoms with van der Waals surface area (Å²) in [6, 6.07) is 6.95. The highest BCUT2D eigenvalue weighted by molar-refractivity contribution is 7.17. The second kappa shape index (κ2) is 11.7. The van der Waals surface area contributed by atoms with Gasteiger partial charge in [-0.05, 0) is 60.3 Å². The van der Waals surface area contributed by atoms with Gasteiger partial charge in [0.25, 0.3) is 5.91 Å². The summed E-state index contributed by atoms with van der Waals surface area (Å²) in [6.45, 7) is 11.2. The molecule has 2 fully saturated rings. The molecule has 1 N–H and O–H groups in total. The van der Waals surface area contributed by atoms with Crippen molar-refractivity contribution in [2.24, 2.45) is 5.92 Å². The number of benzene rings is 1. The molecule has 204 valence electrons. The van der Waals surface area contributed by atoms with E-state index in [1.54, 1.807) is 11.3 Å². The first-order valence-electron chi connectivity index (χ1n) is 14.4. The van der Waals surface area contributed by atoms with Crippen molar-refractivity contribution in [3.63, 3.8) is 0 Å². The maximum absolute atomic E-state index is 13.3. The van der Waals surface area contributed by atoms with Gasteiger partial charge in [-0.25, -0.2) is 4.98 Å². The van der Waals surface area contributed by atoms with Crippen molar-refractivity contribution < 1.29 is 9.53 Å². The molecule has 1 aliphatic heterocycles. The summed E-state index contributed by atoms with van der Waals surface area (Å²) >= 11 is 1.56. The van der Waals surface area contributed by atoms with Crippen LogP contribution < -0.4 is 5.32 Å². The molecule has 0 bridgehead atoms. The molecule has 1 saturated carbocycles. The van der Waals surface area contributed by atoms with Gasteiger partial charge >= 0.3 is 0 Å². The van der Waals surface area contributed by atoms with Gasteiger partial charge in [-0.3, -0.25) is 9.48 Å². The summed E-state index contributed by atoms with van der Waals surface area (Å²) < 4.78 is 7.45. The second-order valence-electron chi connectivity index (χ2n) is 12.0. The number of rotatable bonds is 7. The van der Waals surface area contributed by atoms with Gasteiger partial charge in [0.15, 0.2) is 5.01 Å². The Balaban J connectivity index is 1.51. The smallest absolute Gasteiger partial charge is 0.280 e. The third kappa shape index (κ3) is 6.20. The van der Waals surface area contributed by atoms with Gasteiger partial charge in [0.1, 0.15) is 0 Å². The first-order chi connectivity index (χ1) is 18.3. The van der Waals surface area contributed by atoms with E-state index in [9.17, 15) is 4.79 Å². The molecular weight excluding hydrogens is 492 g/mol. The Morgan fingerprint density at radius 1 is 1.11 bits per heavy atom. The number of carbonyl (C=O) groups is 1. The predicted octanol–water partition coefficient (Wildman–Crippen LogP) is 7.02. The Kier molecular flexibility index (Phi) is 8.34. The van der Waals surface area contributed by atoms with E-state index < -0.39 is 0 Å². The monoisotopic (exact) mass is 534 g/mol. The van der Waals surface area contributed by atoms with Gasteiger partial charge < -0.3 is 10.1 Å². The molecule has 1 aromatic carbocycles. The van der Waals surface area contributed by atoms with Gasteiger partial charge in [0.05, 0.1) is 16.8 Å². The Labute approximate surface area is 231 Å². The highest BCUT2D eigenvalue weighted by Crippen LogP contribution is 2.40. The van der Waals surface area contributed by atoms with Crippen LogP contribution in [-0.2, 0) is 23.1 Å². The zero-order chi connectivity index (χ0) is 26.7. The van der Waals surface area contributed by atoms with Crippen LogP contribution in [0.5, 0.6) is 0 Å². The van der Waals surface area contributed by atoms with Crippen molar-refractivity contribution in [3.8, 4) is 21.6 Å². The highest BCUT2D eigenvalue weighted by Gasteiger charge is 2.26. The highest BCUT2D eigenvalue weighted by atomic mass is 32.1. The van der Waals surface area contributed by atoms with E-state index in [4.69, 9.17) is 9.72 Å². The second-order valence-corrected chi connectivity index (χ2v) is 13.0. The molecule has 3 aromatic rings. The normalized spacial score (nSPS) is 17.6. The number of ether oxygens (including phenoxy) is 1. The fourth-order valence-corrected chi connectivity index (χ4v) is 6.79. The van der Waals surface area contributed by atoms with Gasteiger partial charge in [0.2, 0.25) is 0 Å². The van der Waals surface area contributed by atoms with Crippen LogP contribution in [0.2, 0.25) is 0 Å². The molecule has 38 heavy (non-hydrogen) atoms. The molecule has 7 heteroatoms. The summed E-state index contributed by atoms with van der Waals surface area (Å²) in [5.74, 6) is 0.606. The summed E-state index contributed by atoms with van der Waals surface area (Å²) in [5.41, 5.74) is 5.86. The van der Waals surface area contributed by atoms with Crippen LogP contribution in [0, 0.1) is 5.92 Å². The molecular formula is C31H42N4O2S. The van der Waals surface area contributed by atoms with Crippen LogP contribution >= 0.6 is 11.3 Å². The maximum atomic E-state index is 13.3. The summed E-state index contributed by atoms with van der Waals surface area (Å²) in [6.07, 6.45) is 13.2. The maximum Gasteiger partial charge on any atom is 0.280 e. The first-order valence-corrected chi connectivity index (χ1v) is 15.2. The zero-order valence-corrected chi connectivity index (χ0v) is 24.2. The molecule has 1 saturated heterocycles. The standard InChI is InChI=1S/C31H42N4O2S/c1-5-35-20-23(19-32-35)25-12-11-22(18-26(25)31(2,3)4)28-27(17-21-9-7-6-8-10-21)34-30(38-28)29(36)33-24-13-15-37-16-14-24/h11-12,18-21,24H,5-10,13-17H2,1-4H3,(H,33,36). The molecule has 0 unspecified atom stereocenters. The summed E-state index contributed by atoms with van der Waals surface area (Å²) in [4.78, 5) is 19.4. The lowest BCUT2D eigenvalue weighted by atomic mass is 9.81. The van der Waals surface area contributed by atoms with Crippen molar-refractivity contribution in [2.75, 3.05) is 13.2 Å². The molecule has 6 nitrogen and oxygen atoms in total. The molecule has 1 aliphatic carbocycles. The molecule has 0 spiro atoms. The third-order valence-electron chi connectivity index (χ3n) is 8.01. The fraction of sp³-hybridized carbons (Fsp3) is 0.581. The van der Waals surface area contributed by atoms with E-state index in [2.05, 4.69) is 62.5 Å².